The summed E-state index contributed by atoms with van der Waals surface area (Å²) in [7, 11) is -0.539. The van der Waals surface area contributed by atoms with Crippen molar-refractivity contribution in [2.24, 2.45) is 0 Å². The molecule has 2 heterocycles. The summed E-state index contributed by atoms with van der Waals surface area (Å²) in [6, 6.07) is 0. The van der Waals surface area contributed by atoms with E-state index >= 15 is 0 Å². The Balaban J connectivity index is 2.32. The third-order valence-electron chi connectivity index (χ3n) is 3.68. The molecule has 0 atom stereocenters. The smallest absolute Gasteiger partial charge is 0.399 e. The summed E-state index contributed by atoms with van der Waals surface area (Å²) in [5, 5.41) is 0.476. The largest absolute Gasteiger partial charge is 0.497 e. The van der Waals surface area contributed by atoms with Gasteiger partial charge in [-0.3, -0.25) is 9.36 Å². The highest BCUT2D eigenvalue weighted by atomic mass is 35.5. The predicted octanol–water partition coefficient (Wildman–Crippen LogP) is 2.10. The van der Waals surface area contributed by atoms with Crippen LogP contribution in [-0.4, -0.2) is 28.8 Å². The highest BCUT2D eigenvalue weighted by Crippen LogP contribution is 2.37. The van der Waals surface area contributed by atoms with E-state index in [1.165, 1.54) is 11.5 Å². The standard InChI is InChI=1S/C12H17BClNO3/c1-8(16)15-6-9(10(14)7-15)13-17-11(2,3)12(4,5)18-13/h6-7H,1-5H3. The SMILES string of the molecule is CC(=O)n1cc(Cl)c(B2OC(C)(C)C(C)(C)O2)c1. The van der Waals surface area contributed by atoms with Gasteiger partial charge < -0.3 is 9.31 Å². The summed E-state index contributed by atoms with van der Waals surface area (Å²) in [5.74, 6) is -0.0975. The van der Waals surface area contributed by atoms with Gasteiger partial charge in [-0.2, -0.15) is 0 Å². The van der Waals surface area contributed by atoms with Gasteiger partial charge in [-0.1, -0.05) is 11.6 Å². The molecule has 0 amide bonds. The molecule has 0 N–H and O–H groups in total. The second kappa shape index (κ2) is 4.12. The molecule has 6 heteroatoms. The Labute approximate surface area is 112 Å². The van der Waals surface area contributed by atoms with Gasteiger partial charge in [-0.25, -0.2) is 0 Å². The molecule has 0 bridgehead atoms. The van der Waals surface area contributed by atoms with Gasteiger partial charge in [-0.15, -0.1) is 0 Å². The number of aromatic nitrogens is 1. The topological polar surface area (TPSA) is 40.5 Å². The lowest BCUT2D eigenvalue weighted by atomic mass is 9.81. The predicted molar refractivity (Wildman–Crippen MR) is 71.5 cm³/mol. The number of rotatable bonds is 1. The second-order valence-electron chi connectivity index (χ2n) is 5.58. The Morgan fingerprint density at radius 2 is 1.72 bits per heavy atom. The summed E-state index contributed by atoms with van der Waals surface area (Å²) in [5.41, 5.74) is -0.149. The molecule has 4 nitrogen and oxygen atoms in total. The Morgan fingerprint density at radius 1 is 1.22 bits per heavy atom. The van der Waals surface area contributed by atoms with E-state index in [1.807, 2.05) is 27.7 Å². The number of halogens is 1. The van der Waals surface area contributed by atoms with Crippen molar-refractivity contribution in [3.8, 4) is 0 Å². The van der Waals surface area contributed by atoms with Crippen LogP contribution >= 0.6 is 11.6 Å². The Morgan fingerprint density at radius 3 is 2.11 bits per heavy atom. The minimum absolute atomic E-state index is 0.0975. The molecule has 1 fully saturated rings. The molecule has 1 saturated heterocycles. The van der Waals surface area contributed by atoms with Crippen molar-refractivity contribution >= 4 is 30.1 Å². The van der Waals surface area contributed by atoms with Gasteiger partial charge >= 0.3 is 7.12 Å². The van der Waals surface area contributed by atoms with Gasteiger partial charge in [0.25, 0.3) is 0 Å². The maximum atomic E-state index is 11.3. The minimum Gasteiger partial charge on any atom is -0.399 e. The molecule has 0 saturated carbocycles. The molecular formula is C12H17BClNO3. The summed E-state index contributed by atoms with van der Waals surface area (Å²) < 4.78 is 13.2. The maximum Gasteiger partial charge on any atom is 0.497 e. The van der Waals surface area contributed by atoms with Crippen molar-refractivity contribution in [2.75, 3.05) is 0 Å². The maximum absolute atomic E-state index is 11.3. The van der Waals surface area contributed by atoms with Crippen molar-refractivity contribution in [1.82, 2.24) is 4.57 Å². The zero-order chi connectivity index (χ0) is 13.7. The van der Waals surface area contributed by atoms with Crippen LogP contribution in [0.2, 0.25) is 5.02 Å². The summed E-state index contributed by atoms with van der Waals surface area (Å²) >= 11 is 6.12. The van der Waals surface area contributed by atoms with Crippen molar-refractivity contribution in [3.05, 3.63) is 17.4 Å². The lowest BCUT2D eigenvalue weighted by Gasteiger charge is -2.32. The molecule has 1 aliphatic rings. The zero-order valence-corrected chi connectivity index (χ0v) is 12.0. The monoisotopic (exact) mass is 269 g/mol. The van der Waals surface area contributed by atoms with Crippen LogP contribution in [0.4, 0.5) is 0 Å². The number of carbonyl (C=O) groups is 1. The van der Waals surface area contributed by atoms with E-state index in [1.54, 1.807) is 12.4 Å². The lowest BCUT2D eigenvalue weighted by molar-refractivity contribution is 0.00578. The Bertz CT molecular complexity index is 480. The molecule has 0 spiro atoms. The first kappa shape index (κ1) is 13.7. The van der Waals surface area contributed by atoms with Gasteiger partial charge in [0, 0.05) is 24.8 Å². The van der Waals surface area contributed by atoms with Crippen LogP contribution in [-0.2, 0) is 9.31 Å². The van der Waals surface area contributed by atoms with Crippen molar-refractivity contribution in [2.45, 2.75) is 45.8 Å². The normalized spacial score (nSPS) is 21.3. The van der Waals surface area contributed by atoms with E-state index < -0.39 is 18.3 Å². The van der Waals surface area contributed by atoms with Crippen LogP contribution < -0.4 is 5.46 Å². The second-order valence-corrected chi connectivity index (χ2v) is 5.98. The summed E-state index contributed by atoms with van der Waals surface area (Å²) in [4.78, 5) is 11.3. The highest BCUT2D eigenvalue weighted by molar-refractivity contribution is 6.65. The molecule has 1 aromatic heterocycles. The van der Waals surface area contributed by atoms with Crippen molar-refractivity contribution in [3.63, 3.8) is 0 Å². The van der Waals surface area contributed by atoms with Gasteiger partial charge in [0.1, 0.15) is 0 Å². The van der Waals surface area contributed by atoms with Crippen LogP contribution in [0.3, 0.4) is 0 Å². The third-order valence-corrected chi connectivity index (χ3v) is 3.99. The Kier molecular flexibility index (Phi) is 3.12. The van der Waals surface area contributed by atoms with Crippen LogP contribution in [0, 0.1) is 0 Å². The minimum atomic E-state index is -0.539. The molecule has 98 valence electrons. The number of carbonyl (C=O) groups excluding carboxylic acids is 1. The van der Waals surface area contributed by atoms with E-state index in [0.29, 0.717) is 10.5 Å². The van der Waals surface area contributed by atoms with Gasteiger partial charge in [0.15, 0.2) is 0 Å². The summed E-state index contributed by atoms with van der Waals surface area (Å²) in [6.07, 6.45) is 3.23. The molecule has 0 aromatic carbocycles. The van der Waals surface area contributed by atoms with E-state index in [9.17, 15) is 4.79 Å². The molecule has 2 rings (SSSR count). The van der Waals surface area contributed by atoms with Crippen LogP contribution in [0.1, 0.15) is 39.4 Å². The number of nitrogens with zero attached hydrogens (tertiary/aromatic N) is 1. The zero-order valence-electron chi connectivity index (χ0n) is 11.3. The fraction of sp³-hybridized carbons (Fsp3) is 0.583. The fourth-order valence-corrected chi connectivity index (χ4v) is 2.01. The van der Waals surface area contributed by atoms with Gasteiger partial charge in [-0.05, 0) is 27.7 Å². The van der Waals surface area contributed by atoms with E-state index in [2.05, 4.69) is 0 Å². The molecule has 1 aliphatic heterocycles. The van der Waals surface area contributed by atoms with Gasteiger partial charge in [0.05, 0.1) is 16.2 Å². The van der Waals surface area contributed by atoms with Gasteiger partial charge in [0.2, 0.25) is 5.91 Å². The van der Waals surface area contributed by atoms with Crippen LogP contribution in [0.15, 0.2) is 12.4 Å². The first-order valence-corrected chi connectivity index (χ1v) is 6.26. The molecule has 0 radical (unpaired) electrons. The quantitative estimate of drug-likeness (QED) is 0.733. The van der Waals surface area contributed by atoms with E-state index in [-0.39, 0.29) is 5.91 Å². The number of hydrogen-bond donors (Lipinski definition) is 0. The molecule has 1 aromatic rings. The average Bonchev–Trinajstić information content (AvgIpc) is 2.66. The van der Waals surface area contributed by atoms with Crippen LogP contribution in [0.25, 0.3) is 0 Å². The fourth-order valence-electron chi connectivity index (χ4n) is 1.77. The van der Waals surface area contributed by atoms with E-state index in [0.717, 1.165) is 0 Å². The highest BCUT2D eigenvalue weighted by Gasteiger charge is 2.52. The summed E-state index contributed by atoms with van der Waals surface area (Å²) in [6.45, 7) is 9.38. The number of hydrogen-bond acceptors (Lipinski definition) is 3. The molecule has 0 unspecified atom stereocenters. The van der Waals surface area contributed by atoms with E-state index in [4.69, 9.17) is 20.9 Å². The first-order valence-electron chi connectivity index (χ1n) is 5.88. The lowest BCUT2D eigenvalue weighted by Crippen LogP contribution is -2.41. The first-order chi connectivity index (χ1) is 8.14. The van der Waals surface area contributed by atoms with Crippen molar-refractivity contribution < 1.29 is 14.1 Å². The Hall–Kier alpha value is -0.775. The third kappa shape index (κ3) is 2.11. The average molecular weight is 270 g/mol. The molecule has 18 heavy (non-hydrogen) atoms. The van der Waals surface area contributed by atoms with Crippen LogP contribution in [0.5, 0.6) is 0 Å². The molecule has 0 aliphatic carbocycles. The van der Waals surface area contributed by atoms with Crippen molar-refractivity contribution in [1.29, 1.82) is 0 Å². The molecular weight excluding hydrogens is 252 g/mol.